The van der Waals surface area contributed by atoms with Gasteiger partial charge in [-0.1, -0.05) is 39.3 Å². The number of benzene rings is 2. The number of ether oxygens (including phenoxy) is 1. The van der Waals surface area contributed by atoms with E-state index < -0.39 is 11.7 Å². The number of hydrogen-bond donors (Lipinski definition) is 2. The van der Waals surface area contributed by atoms with Crippen LogP contribution in [0.2, 0.25) is 5.02 Å². The molecule has 0 saturated carbocycles. The highest BCUT2D eigenvalue weighted by atomic mass is 79.9. The van der Waals surface area contributed by atoms with E-state index in [4.69, 9.17) is 25.7 Å². The summed E-state index contributed by atoms with van der Waals surface area (Å²) in [6.07, 6.45) is 1.26. The van der Waals surface area contributed by atoms with Crippen molar-refractivity contribution >= 4 is 55.8 Å². The summed E-state index contributed by atoms with van der Waals surface area (Å²) in [5, 5.41) is 7.33. The van der Waals surface area contributed by atoms with E-state index in [2.05, 4.69) is 38.5 Å². The Morgan fingerprint density at radius 2 is 2.21 bits per heavy atom. The molecule has 7 nitrogen and oxygen atoms in total. The molecule has 3 rings (SSSR count). The van der Waals surface area contributed by atoms with Crippen LogP contribution in [0.4, 0.5) is 15.8 Å². The lowest BCUT2D eigenvalue weighted by atomic mass is 10.1. The first-order chi connectivity index (χ1) is 13.9. The zero-order chi connectivity index (χ0) is 21.0. The van der Waals surface area contributed by atoms with Crippen molar-refractivity contribution in [1.82, 2.24) is 10.6 Å². The van der Waals surface area contributed by atoms with Gasteiger partial charge < -0.3 is 14.6 Å². The van der Waals surface area contributed by atoms with Crippen LogP contribution in [0.15, 0.2) is 46.1 Å². The van der Waals surface area contributed by atoms with E-state index in [1.165, 1.54) is 12.3 Å². The molecule has 29 heavy (non-hydrogen) atoms. The van der Waals surface area contributed by atoms with E-state index >= 15 is 4.39 Å². The number of carbonyl (C=O) groups is 1. The van der Waals surface area contributed by atoms with Crippen molar-refractivity contribution in [2.75, 3.05) is 18.5 Å². The first-order valence-electron chi connectivity index (χ1n) is 8.37. The maximum Gasteiger partial charge on any atom is 0.277 e. The summed E-state index contributed by atoms with van der Waals surface area (Å²) >= 11 is 9.53. The largest absolute Gasteiger partial charge is 0.499 e. The quantitative estimate of drug-likeness (QED) is 0.258. The number of nitrogens with zero attached hydrogens (tertiary/aromatic N) is 1. The molecule has 0 bridgehead atoms. The zero-order valence-electron chi connectivity index (χ0n) is 15.2. The number of nitrogens with one attached hydrogen (secondary N) is 2. The monoisotopic (exact) mass is 483 g/mol. The van der Waals surface area contributed by atoms with Crippen LogP contribution in [0.5, 0.6) is 0 Å². The summed E-state index contributed by atoms with van der Waals surface area (Å²) in [6, 6.07) is 6.48. The second-order valence-electron chi connectivity index (χ2n) is 5.82. The fraction of sp³-hybridized carbons (Fsp3) is 0.158. The van der Waals surface area contributed by atoms with Crippen LogP contribution in [-0.4, -0.2) is 24.3 Å². The number of aryl methyl sites for hydroxylation is 1. The van der Waals surface area contributed by atoms with Crippen LogP contribution >= 0.6 is 27.5 Å². The van der Waals surface area contributed by atoms with Gasteiger partial charge in [-0.05, 0) is 31.2 Å². The second-order valence-corrected chi connectivity index (χ2v) is 7.15. The molecule has 0 unspecified atom stereocenters. The molecule has 0 spiro atoms. The average molecular weight is 485 g/mol. The standard InChI is InChI=1S/C19H16BrClFN3O4/c1-3-27-6-7-28-25-19(26)13-9-12-10(2)24-29-18(12)16(22)17(13)23-15-5-4-11(20)8-14(15)21/h3-5,8-9,23H,1,6-7H2,2H3,(H,25,26). The lowest BCUT2D eigenvalue weighted by Crippen LogP contribution is -2.26. The van der Waals surface area contributed by atoms with Crippen molar-refractivity contribution in [3.8, 4) is 0 Å². The van der Waals surface area contributed by atoms with Crippen molar-refractivity contribution in [2.45, 2.75) is 6.92 Å². The maximum atomic E-state index is 15.2. The summed E-state index contributed by atoms with van der Waals surface area (Å²) < 4.78 is 25.9. The third-order valence-corrected chi connectivity index (χ3v) is 4.71. The van der Waals surface area contributed by atoms with Crippen molar-refractivity contribution in [1.29, 1.82) is 0 Å². The van der Waals surface area contributed by atoms with Gasteiger partial charge in [-0.15, -0.1) is 0 Å². The first kappa shape index (κ1) is 21.1. The van der Waals surface area contributed by atoms with Crippen LogP contribution < -0.4 is 10.8 Å². The summed E-state index contributed by atoms with van der Waals surface area (Å²) in [5.41, 5.74) is 2.90. The molecule has 2 N–H and O–H groups in total. The minimum Gasteiger partial charge on any atom is -0.499 e. The Morgan fingerprint density at radius 3 is 2.93 bits per heavy atom. The maximum absolute atomic E-state index is 15.2. The molecule has 152 valence electrons. The lowest BCUT2D eigenvalue weighted by Gasteiger charge is -2.15. The molecule has 0 saturated heterocycles. The van der Waals surface area contributed by atoms with Gasteiger partial charge in [0.25, 0.3) is 5.91 Å². The van der Waals surface area contributed by atoms with E-state index in [9.17, 15) is 4.79 Å². The number of hydrogen-bond acceptors (Lipinski definition) is 6. The number of aromatic nitrogens is 1. The minimum absolute atomic E-state index is 0.00933. The number of carbonyl (C=O) groups excluding carboxylic acids is 1. The molecule has 0 atom stereocenters. The molecule has 10 heteroatoms. The fourth-order valence-electron chi connectivity index (χ4n) is 2.52. The Kier molecular flexibility index (Phi) is 6.73. The molecule has 1 heterocycles. The fourth-order valence-corrected chi connectivity index (χ4v) is 3.25. The van der Waals surface area contributed by atoms with Gasteiger partial charge in [0.15, 0.2) is 5.82 Å². The van der Waals surface area contributed by atoms with Crippen LogP contribution in [0, 0.1) is 12.7 Å². The van der Waals surface area contributed by atoms with E-state index in [0.717, 1.165) is 4.47 Å². The molecule has 0 aliphatic heterocycles. The van der Waals surface area contributed by atoms with E-state index in [1.54, 1.807) is 25.1 Å². The Morgan fingerprint density at radius 1 is 1.41 bits per heavy atom. The minimum atomic E-state index is -0.776. The number of hydroxylamine groups is 1. The molecule has 0 aliphatic carbocycles. The van der Waals surface area contributed by atoms with E-state index in [0.29, 0.717) is 21.8 Å². The van der Waals surface area contributed by atoms with Gasteiger partial charge in [-0.3, -0.25) is 9.63 Å². The van der Waals surface area contributed by atoms with Crippen molar-refractivity contribution in [3.63, 3.8) is 0 Å². The summed E-state index contributed by atoms with van der Waals surface area (Å²) in [6.45, 7) is 5.33. The third-order valence-electron chi connectivity index (χ3n) is 3.91. The van der Waals surface area contributed by atoms with E-state index in [1.807, 2.05) is 0 Å². The predicted octanol–water partition coefficient (Wildman–Crippen LogP) is 5.26. The highest BCUT2D eigenvalue weighted by Gasteiger charge is 2.23. The summed E-state index contributed by atoms with van der Waals surface area (Å²) in [7, 11) is 0. The molecular weight excluding hydrogens is 469 g/mol. The number of rotatable bonds is 8. The number of fused-ring (bicyclic) bond motifs is 1. The SMILES string of the molecule is C=COCCONC(=O)c1cc2c(C)noc2c(F)c1Nc1ccc(Br)cc1Cl. The van der Waals surface area contributed by atoms with Crippen LogP contribution in [0.25, 0.3) is 11.0 Å². The molecule has 3 aromatic rings. The smallest absolute Gasteiger partial charge is 0.277 e. The Hall–Kier alpha value is -2.62. The summed E-state index contributed by atoms with van der Waals surface area (Å²) in [5.74, 6) is -1.44. The molecule has 0 aliphatic rings. The van der Waals surface area contributed by atoms with Crippen molar-refractivity contribution < 1.29 is 23.3 Å². The van der Waals surface area contributed by atoms with Crippen LogP contribution in [0.1, 0.15) is 16.1 Å². The second kappa shape index (κ2) is 9.25. The Labute approximate surface area is 178 Å². The molecule has 0 fully saturated rings. The number of amides is 1. The van der Waals surface area contributed by atoms with Crippen LogP contribution in [-0.2, 0) is 9.57 Å². The zero-order valence-corrected chi connectivity index (χ0v) is 17.6. The van der Waals surface area contributed by atoms with Gasteiger partial charge in [0.05, 0.1) is 33.9 Å². The highest BCUT2D eigenvalue weighted by molar-refractivity contribution is 9.10. The van der Waals surface area contributed by atoms with Gasteiger partial charge in [0.2, 0.25) is 5.58 Å². The topological polar surface area (TPSA) is 85.6 Å². The molecule has 1 aromatic heterocycles. The number of halogens is 3. The van der Waals surface area contributed by atoms with E-state index in [-0.39, 0.29) is 30.0 Å². The third kappa shape index (κ3) is 4.69. The van der Waals surface area contributed by atoms with Gasteiger partial charge in [0.1, 0.15) is 13.2 Å². The lowest BCUT2D eigenvalue weighted by molar-refractivity contribution is 0.0145. The Bertz CT molecular complexity index is 1070. The molecule has 0 radical (unpaired) electrons. The normalized spacial score (nSPS) is 10.8. The number of anilines is 2. The van der Waals surface area contributed by atoms with Gasteiger partial charge in [-0.25, -0.2) is 9.87 Å². The predicted molar refractivity (Wildman–Crippen MR) is 111 cm³/mol. The van der Waals surface area contributed by atoms with Gasteiger partial charge in [-0.2, -0.15) is 0 Å². The van der Waals surface area contributed by atoms with Crippen LogP contribution in [0.3, 0.4) is 0 Å². The van der Waals surface area contributed by atoms with Crippen molar-refractivity contribution in [2.24, 2.45) is 0 Å². The summed E-state index contributed by atoms with van der Waals surface area (Å²) in [4.78, 5) is 17.7. The highest BCUT2D eigenvalue weighted by Crippen LogP contribution is 2.35. The van der Waals surface area contributed by atoms with Gasteiger partial charge in [0, 0.05) is 9.86 Å². The average Bonchev–Trinajstić information content (AvgIpc) is 3.06. The molecule has 1 amide bonds. The molecular formula is C19H16BrClFN3O4. The molecule has 2 aromatic carbocycles. The first-order valence-corrected chi connectivity index (χ1v) is 9.54. The van der Waals surface area contributed by atoms with Crippen molar-refractivity contribution in [3.05, 3.63) is 63.7 Å². The van der Waals surface area contributed by atoms with Gasteiger partial charge >= 0.3 is 0 Å². The Balaban J connectivity index is 1.97.